The van der Waals surface area contributed by atoms with Crippen molar-refractivity contribution < 1.29 is 14.3 Å². The first kappa shape index (κ1) is 21.3. The van der Waals surface area contributed by atoms with Gasteiger partial charge in [-0.05, 0) is 75.1 Å². The fourth-order valence-electron chi connectivity index (χ4n) is 4.77. The number of hydrogen-bond acceptors (Lipinski definition) is 8. The molecule has 2 fully saturated rings. The highest BCUT2D eigenvalue weighted by Crippen LogP contribution is 2.54. The molecular formula is C26H29N5O3. The number of pyridine rings is 3. The first-order valence-electron chi connectivity index (χ1n) is 12.0. The maximum atomic E-state index is 12.4. The Hall–Kier alpha value is -3.26. The fourth-order valence-corrected chi connectivity index (χ4v) is 4.77. The molecule has 176 valence electrons. The minimum absolute atomic E-state index is 0.159. The van der Waals surface area contributed by atoms with Gasteiger partial charge in [-0.2, -0.15) is 0 Å². The van der Waals surface area contributed by atoms with Crippen LogP contribution in [0.15, 0.2) is 30.6 Å². The molecule has 3 aliphatic rings. The van der Waals surface area contributed by atoms with Gasteiger partial charge in [0.2, 0.25) is 5.88 Å². The Morgan fingerprint density at radius 3 is 2.71 bits per heavy atom. The van der Waals surface area contributed by atoms with Crippen LogP contribution in [0.3, 0.4) is 0 Å². The molecule has 3 N–H and O–H groups in total. The van der Waals surface area contributed by atoms with Gasteiger partial charge in [-0.15, -0.1) is 0 Å². The van der Waals surface area contributed by atoms with Crippen molar-refractivity contribution in [1.29, 1.82) is 0 Å². The second-order valence-corrected chi connectivity index (χ2v) is 10.1. The van der Waals surface area contributed by atoms with Crippen LogP contribution in [0.1, 0.15) is 74.5 Å². The molecule has 6 rings (SSSR count). The maximum Gasteiger partial charge on any atom is 0.340 e. The van der Waals surface area contributed by atoms with Crippen molar-refractivity contribution in [2.75, 3.05) is 5.32 Å². The second-order valence-electron chi connectivity index (χ2n) is 10.1. The Bertz CT molecular complexity index is 1310. The SMILES string of the molecule is CC[C@](C)(N)c1cnc(OC2CC2)c2cnc(Nc3ccc4c(n3)C3(CC3)[C@@H](C)OC4=O)cc12. The molecule has 8 heteroatoms. The molecule has 3 aromatic rings. The normalized spacial score (nSPS) is 22.1. The van der Waals surface area contributed by atoms with Crippen molar-refractivity contribution in [1.82, 2.24) is 15.0 Å². The van der Waals surface area contributed by atoms with Gasteiger partial charge in [0.15, 0.2) is 0 Å². The third kappa shape index (κ3) is 3.39. The molecule has 34 heavy (non-hydrogen) atoms. The largest absolute Gasteiger partial charge is 0.474 e. The van der Waals surface area contributed by atoms with E-state index in [0.717, 1.165) is 54.1 Å². The second kappa shape index (κ2) is 7.37. The molecule has 0 amide bonds. The van der Waals surface area contributed by atoms with Crippen LogP contribution in [0, 0.1) is 0 Å². The Balaban J connectivity index is 1.40. The minimum Gasteiger partial charge on any atom is -0.474 e. The number of carbonyl (C=O) groups is 1. The Morgan fingerprint density at radius 1 is 1.21 bits per heavy atom. The lowest BCUT2D eigenvalue weighted by molar-refractivity contribution is 0.0183. The van der Waals surface area contributed by atoms with E-state index in [1.807, 2.05) is 26.1 Å². The number of nitrogens with zero attached hydrogens (tertiary/aromatic N) is 3. The molecular weight excluding hydrogens is 430 g/mol. The van der Waals surface area contributed by atoms with Crippen molar-refractivity contribution in [2.45, 2.75) is 76.0 Å². The Morgan fingerprint density at radius 2 is 2.00 bits per heavy atom. The van der Waals surface area contributed by atoms with E-state index in [4.69, 9.17) is 20.2 Å². The van der Waals surface area contributed by atoms with E-state index in [1.165, 1.54) is 0 Å². The van der Waals surface area contributed by atoms with Gasteiger partial charge < -0.3 is 20.5 Å². The van der Waals surface area contributed by atoms with Crippen molar-refractivity contribution >= 4 is 28.4 Å². The molecule has 2 atom stereocenters. The maximum absolute atomic E-state index is 12.4. The van der Waals surface area contributed by atoms with Crippen LogP contribution >= 0.6 is 0 Å². The quantitative estimate of drug-likeness (QED) is 0.519. The van der Waals surface area contributed by atoms with Crippen LogP contribution in [0.2, 0.25) is 0 Å². The smallest absolute Gasteiger partial charge is 0.340 e. The molecule has 4 heterocycles. The average Bonchev–Trinajstić information content (AvgIpc) is 3.74. The molecule has 0 unspecified atom stereocenters. The van der Waals surface area contributed by atoms with Crippen molar-refractivity contribution in [3.05, 3.63) is 47.4 Å². The summed E-state index contributed by atoms with van der Waals surface area (Å²) in [5, 5.41) is 5.15. The summed E-state index contributed by atoms with van der Waals surface area (Å²) in [6, 6.07) is 5.58. The highest BCUT2D eigenvalue weighted by atomic mass is 16.5. The third-order valence-corrected chi connectivity index (χ3v) is 7.58. The number of fused-ring (bicyclic) bond motifs is 3. The molecule has 3 aromatic heterocycles. The van der Waals surface area contributed by atoms with E-state index in [9.17, 15) is 4.79 Å². The van der Waals surface area contributed by atoms with Crippen LogP contribution < -0.4 is 15.8 Å². The van der Waals surface area contributed by atoms with E-state index in [1.54, 1.807) is 18.3 Å². The number of esters is 1. The summed E-state index contributed by atoms with van der Waals surface area (Å²) in [5.74, 6) is 1.59. The zero-order valence-corrected chi connectivity index (χ0v) is 19.7. The molecule has 2 saturated carbocycles. The molecule has 0 saturated heterocycles. The van der Waals surface area contributed by atoms with Gasteiger partial charge in [0.1, 0.15) is 23.8 Å². The Labute approximate surface area is 198 Å². The predicted molar refractivity (Wildman–Crippen MR) is 128 cm³/mol. The van der Waals surface area contributed by atoms with E-state index in [2.05, 4.69) is 22.2 Å². The zero-order chi connectivity index (χ0) is 23.7. The van der Waals surface area contributed by atoms with E-state index in [0.29, 0.717) is 23.1 Å². The lowest BCUT2D eigenvalue weighted by atomic mass is 9.88. The zero-order valence-electron chi connectivity index (χ0n) is 19.7. The van der Waals surface area contributed by atoms with E-state index in [-0.39, 0.29) is 23.6 Å². The number of anilines is 2. The molecule has 0 aromatic carbocycles. The lowest BCUT2D eigenvalue weighted by Crippen LogP contribution is -2.36. The van der Waals surface area contributed by atoms with Gasteiger partial charge in [-0.3, -0.25) is 0 Å². The van der Waals surface area contributed by atoms with Gasteiger partial charge in [0.05, 0.1) is 22.1 Å². The summed E-state index contributed by atoms with van der Waals surface area (Å²) in [4.78, 5) is 26.4. The van der Waals surface area contributed by atoms with E-state index >= 15 is 0 Å². The number of aromatic nitrogens is 3. The Kier molecular flexibility index (Phi) is 4.61. The summed E-state index contributed by atoms with van der Waals surface area (Å²) in [5.41, 5.74) is 8.27. The molecule has 1 spiro atoms. The van der Waals surface area contributed by atoms with Crippen molar-refractivity contribution in [2.24, 2.45) is 5.73 Å². The van der Waals surface area contributed by atoms with E-state index < -0.39 is 5.54 Å². The van der Waals surface area contributed by atoms with Gasteiger partial charge in [-0.25, -0.2) is 19.7 Å². The lowest BCUT2D eigenvalue weighted by Gasteiger charge is -2.30. The van der Waals surface area contributed by atoms with Gasteiger partial charge in [0.25, 0.3) is 0 Å². The van der Waals surface area contributed by atoms with Gasteiger partial charge in [-0.1, -0.05) is 6.92 Å². The first-order chi connectivity index (χ1) is 16.3. The number of nitrogens with two attached hydrogens (primary N) is 1. The van der Waals surface area contributed by atoms with Crippen LogP contribution in [0.25, 0.3) is 10.8 Å². The topological polar surface area (TPSA) is 112 Å². The summed E-state index contributed by atoms with van der Waals surface area (Å²) < 4.78 is 11.6. The summed E-state index contributed by atoms with van der Waals surface area (Å²) in [6.45, 7) is 6.03. The van der Waals surface area contributed by atoms with Gasteiger partial charge >= 0.3 is 5.97 Å². The third-order valence-electron chi connectivity index (χ3n) is 7.58. The van der Waals surface area contributed by atoms with Crippen molar-refractivity contribution in [3.63, 3.8) is 0 Å². The van der Waals surface area contributed by atoms with Crippen LogP contribution in [-0.2, 0) is 15.7 Å². The summed E-state index contributed by atoms with van der Waals surface area (Å²) in [6.07, 6.45) is 8.52. The number of hydrogen-bond donors (Lipinski definition) is 2. The average molecular weight is 460 g/mol. The number of carbonyl (C=O) groups excluding carboxylic acids is 1. The molecule has 0 radical (unpaired) electrons. The van der Waals surface area contributed by atoms with Crippen LogP contribution in [-0.4, -0.2) is 33.1 Å². The van der Waals surface area contributed by atoms with Gasteiger partial charge in [0, 0.05) is 17.9 Å². The molecule has 2 aliphatic carbocycles. The summed E-state index contributed by atoms with van der Waals surface area (Å²) >= 11 is 0. The number of nitrogens with one attached hydrogen (secondary N) is 1. The fraction of sp³-hybridized carbons (Fsp3) is 0.462. The minimum atomic E-state index is -0.541. The highest BCUT2D eigenvalue weighted by molar-refractivity contribution is 5.94. The monoisotopic (exact) mass is 459 g/mol. The number of cyclic esters (lactones) is 1. The first-order valence-corrected chi connectivity index (χ1v) is 12.0. The number of rotatable bonds is 6. The highest BCUT2D eigenvalue weighted by Gasteiger charge is 2.56. The van der Waals surface area contributed by atoms with Crippen molar-refractivity contribution in [3.8, 4) is 5.88 Å². The summed E-state index contributed by atoms with van der Waals surface area (Å²) in [7, 11) is 0. The van der Waals surface area contributed by atoms with Crippen LogP contribution in [0.4, 0.5) is 11.6 Å². The molecule has 0 bridgehead atoms. The molecule has 8 nitrogen and oxygen atoms in total. The molecule has 1 aliphatic heterocycles. The standard InChI is InChI=1S/C26H29N5O3/c1-4-25(3,27)19-13-29-23(34-15-5-6-15)18-12-28-21(11-17(18)19)30-20-8-7-16-22(31-20)26(9-10-26)14(2)33-24(16)32/h7-8,11-15H,4-6,9-10,27H2,1-3H3,(H,28,30,31)/t14-,25+/m1/s1. The van der Waals surface area contributed by atoms with Crippen LogP contribution in [0.5, 0.6) is 5.88 Å². The predicted octanol–water partition coefficient (Wildman–Crippen LogP) is 4.48. The number of ether oxygens (including phenoxy) is 2.